The Labute approximate surface area is 112 Å². The Hall–Kier alpha value is -0.920. The van der Waals surface area contributed by atoms with E-state index in [-0.39, 0.29) is 0 Å². The minimum Gasteiger partial charge on any atom is -0.121 e. The molecule has 0 aromatic heterocycles. The van der Waals surface area contributed by atoms with Crippen molar-refractivity contribution in [2.24, 2.45) is 0 Å². The summed E-state index contributed by atoms with van der Waals surface area (Å²) >= 11 is 7.94. The van der Waals surface area contributed by atoms with E-state index in [1.807, 2.05) is 23.9 Å². The van der Waals surface area contributed by atoms with Crippen LogP contribution in [0.25, 0.3) is 0 Å². The predicted molar refractivity (Wildman–Crippen MR) is 76.8 cm³/mol. The summed E-state index contributed by atoms with van der Waals surface area (Å²) in [6.45, 7) is 2.15. The molecule has 2 aromatic rings. The van der Waals surface area contributed by atoms with Gasteiger partial charge in [0.25, 0.3) is 0 Å². The number of benzene rings is 2. The van der Waals surface area contributed by atoms with Gasteiger partial charge in [0, 0.05) is 15.7 Å². The van der Waals surface area contributed by atoms with Crippen molar-refractivity contribution in [1.82, 2.24) is 0 Å². The molecule has 0 unspecified atom stereocenters. The summed E-state index contributed by atoms with van der Waals surface area (Å²) in [5, 5.41) is 0.841. The van der Waals surface area contributed by atoms with Gasteiger partial charge in [0.1, 0.15) is 0 Å². The molecular weight excluding hydrogens is 248 g/mol. The Morgan fingerprint density at radius 1 is 1.00 bits per heavy atom. The zero-order chi connectivity index (χ0) is 12.1. The summed E-state index contributed by atoms with van der Waals surface area (Å²) in [5.41, 5.74) is 2.60. The monoisotopic (exact) mass is 262 g/mol. The largest absolute Gasteiger partial charge is 0.121 e. The van der Waals surface area contributed by atoms with Gasteiger partial charge in [0.15, 0.2) is 0 Å². The summed E-state index contributed by atoms with van der Waals surface area (Å²) in [4.78, 5) is 1.30. The standard InChI is InChI=1S/C15H15ClS/c1-2-12-8-13(10-14(16)9-12)11-17-15-6-4-3-5-7-15/h3-10H,2,11H2,1H3. The topological polar surface area (TPSA) is 0 Å². The SMILES string of the molecule is CCc1cc(Cl)cc(CSc2ccccc2)c1. The maximum Gasteiger partial charge on any atom is 0.0411 e. The lowest BCUT2D eigenvalue weighted by atomic mass is 10.1. The van der Waals surface area contributed by atoms with Crippen molar-refractivity contribution >= 4 is 23.4 Å². The Morgan fingerprint density at radius 2 is 1.71 bits per heavy atom. The highest BCUT2D eigenvalue weighted by Crippen LogP contribution is 2.25. The van der Waals surface area contributed by atoms with Gasteiger partial charge < -0.3 is 0 Å². The molecule has 2 aromatic carbocycles. The second-order valence-corrected chi connectivity index (χ2v) is 5.41. The normalized spacial score (nSPS) is 10.5. The molecule has 0 fully saturated rings. The van der Waals surface area contributed by atoms with Gasteiger partial charge in [-0.15, -0.1) is 11.8 Å². The van der Waals surface area contributed by atoms with Crippen molar-refractivity contribution in [3.63, 3.8) is 0 Å². The van der Waals surface area contributed by atoms with Crippen LogP contribution in [0.3, 0.4) is 0 Å². The van der Waals surface area contributed by atoms with E-state index in [2.05, 4.69) is 43.3 Å². The molecule has 0 saturated carbocycles. The van der Waals surface area contributed by atoms with E-state index < -0.39 is 0 Å². The molecule has 0 aliphatic rings. The molecule has 0 heterocycles. The predicted octanol–water partition coefficient (Wildman–Crippen LogP) is 5.19. The van der Waals surface area contributed by atoms with Crippen LogP contribution in [0.1, 0.15) is 18.1 Å². The first-order valence-electron chi connectivity index (χ1n) is 5.74. The quantitative estimate of drug-likeness (QED) is 0.683. The summed E-state index contributed by atoms with van der Waals surface area (Å²) in [7, 11) is 0. The first-order chi connectivity index (χ1) is 8.28. The van der Waals surface area contributed by atoms with Crippen LogP contribution in [-0.2, 0) is 12.2 Å². The highest BCUT2D eigenvalue weighted by atomic mass is 35.5. The van der Waals surface area contributed by atoms with Gasteiger partial charge in [-0.25, -0.2) is 0 Å². The lowest BCUT2D eigenvalue weighted by Crippen LogP contribution is -1.86. The first kappa shape index (κ1) is 12.5. The van der Waals surface area contributed by atoms with E-state index in [0.717, 1.165) is 17.2 Å². The van der Waals surface area contributed by atoms with Crippen LogP contribution in [0.2, 0.25) is 5.02 Å². The van der Waals surface area contributed by atoms with Gasteiger partial charge >= 0.3 is 0 Å². The number of hydrogen-bond donors (Lipinski definition) is 0. The van der Waals surface area contributed by atoms with Gasteiger partial charge in [0.2, 0.25) is 0 Å². The zero-order valence-corrected chi connectivity index (χ0v) is 11.4. The number of halogens is 1. The zero-order valence-electron chi connectivity index (χ0n) is 9.82. The van der Waals surface area contributed by atoms with Crippen molar-refractivity contribution in [3.05, 3.63) is 64.7 Å². The molecule has 0 nitrogen and oxygen atoms in total. The van der Waals surface area contributed by atoms with Crippen molar-refractivity contribution in [1.29, 1.82) is 0 Å². The van der Waals surface area contributed by atoms with Crippen molar-refractivity contribution in [2.45, 2.75) is 24.0 Å². The second kappa shape index (κ2) is 6.13. The minimum absolute atomic E-state index is 0.841. The minimum atomic E-state index is 0.841. The van der Waals surface area contributed by atoms with Crippen LogP contribution in [0.5, 0.6) is 0 Å². The van der Waals surface area contributed by atoms with E-state index in [1.165, 1.54) is 16.0 Å². The fourth-order valence-corrected chi connectivity index (χ4v) is 2.82. The number of hydrogen-bond acceptors (Lipinski definition) is 1. The fourth-order valence-electron chi connectivity index (χ4n) is 1.69. The average molecular weight is 263 g/mol. The Morgan fingerprint density at radius 3 is 2.41 bits per heavy atom. The van der Waals surface area contributed by atoms with Gasteiger partial charge in [-0.05, 0) is 41.8 Å². The van der Waals surface area contributed by atoms with Gasteiger partial charge in [0.05, 0.1) is 0 Å². The van der Waals surface area contributed by atoms with Crippen LogP contribution in [0.4, 0.5) is 0 Å². The molecule has 0 amide bonds. The molecule has 0 aliphatic carbocycles. The van der Waals surface area contributed by atoms with E-state index >= 15 is 0 Å². The van der Waals surface area contributed by atoms with E-state index in [1.54, 1.807) is 0 Å². The second-order valence-electron chi connectivity index (χ2n) is 3.92. The molecule has 0 N–H and O–H groups in total. The summed E-state index contributed by atoms with van der Waals surface area (Å²) in [6.07, 6.45) is 1.03. The summed E-state index contributed by atoms with van der Waals surface area (Å²) < 4.78 is 0. The summed E-state index contributed by atoms with van der Waals surface area (Å²) in [5.74, 6) is 0.970. The molecule has 17 heavy (non-hydrogen) atoms. The van der Waals surface area contributed by atoms with Crippen LogP contribution >= 0.6 is 23.4 Å². The fraction of sp³-hybridized carbons (Fsp3) is 0.200. The molecular formula is C15H15ClS. The van der Waals surface area contributed by atoms with Gasteiger partial charge in [-0.1, -0.05) is 42.8 Å². The third-order valence-electron chi connectivity index (χ3n) is 2.57. The van der Waals surface area contributed by atoms with Gasteiger partial charge in [-0.3, -0.25) is 0 Å². The maximum absolute atomic E-state index is 6.10. The maximum atomic E-state index is 6.10. The average Bonchev–Trinajstić information content (AvgIpc) is 2.37. The Kier molecular flexibility index (Phi) is 4.52. The highest BCUT2D eigenvalue weighted by molar-refractivity contribution is 7.98. The van der Waals surface area contributed by atoms with E-state index in [4.69, 9.17) is 11.6 Å². The van der Waals surface area contributed by atoms with Crippen LogP contribution in [0.15, 0.2) is 53.4 Å². The molecule has 0 bridgehead atoms. The highest BCUT2D eigenvalue weighted by Gasteiger charge is 2.00. The van der Waals surface area contributed by atoms with Crippen molar-refractivity contribution in [2.75, 3.05) is 0 Å². The van der Waals surface area contributed by atoms with Crippen LogP contribution < -0.4 is 0 Å². The molecule has 2 rings (SSSR count). The van der Waals surface area contributed by atoms with E-state index in [0.29, 0.717) is 0 Å². The summed E-state index contributed by atoms with van der Waals surface area (Å²) in [6, 6.07) is 16.8. The van der Waals surface area contributed by atoms with Crippen LogP contribution in [-0.4, -0.2) is 0 Å². The van der Waals surface area contributed by atoms with Crippen LogP contribution in [0, 0.1) is 0 Å². The van der Waals surface area contributed by atoms with Crippen molar-refractivity contribution in [3.8, 4) is 0 Å². The molecule has 0 atom stereocenters. The molecule has 0 spiro atoms. The number of aryl methyl sites for hydroxylation is 1. The lowest BCUT2D eigenvalue weighted by Gasteiger charge is -2.05. The molecule has 88 valence electrons. The smallest absolute Gasteiger partial charge is 0.0411 e. The molecule has 2 heteroatoms. The van der Waals surface area contributed by atoms with Crippen molar-refractivity contribution < 1.29 is 0 Å². The number of rotatable bonds is 4. The number of thioether (sulfide) groups is 1. The lowest BCUT2D eigenvalue weighted by molar-refractivity contribution is 1.13. The molecule has 0 aliphatic heterocycles. The molecule has 0 radical (unpaired) electrons. The van der Waals surface area contributed by atoms with Gasteiger partial charge in [-0.2, -0.15) is 0 Å². The first-order valence-corrected chi connectivity index (χ1v) is 7.10. The van der Waals surface area contributed by atoms with E-state index in [9.17, 15) is 0 Å². The molecule has 0 saturated heterocycles. The Balaban J connectivity index is 2.06. The Bertz CT molecular complexity index is 480. The third-order valence-corrected chi connectivity index (χ3v) is 3.88. The third kappa shape index (κ3) is 3.79.